The van der Waals surface area contributed by atoms with Crippen LogP contribution in [0.3, 0.4) is 0 Å². The molecule has 0 saturated heterocycles. The van der Waals surface area contributed by atoms with Crippen molar-refractivity contribution >= 4 is 5.78 Å². The summed E-state index contributed by atoms with van der Waals surface area (Å²) in [5.41, 5.74) is 0.535. The highest BCUT2D eigenvalue weighted by Gasteiger charge is 3.00. The van der Waals surface area contributed by atoms with Crippen LogP contribution in [-0.4, -0.2) is 19.5 Å². The van der Waals surface area contributed by atoms with Crippen molar-refractivity contribution in [2.45, 2.75) is 0 Å². The van der Waals surface area contributed by atoms with E-state index in [4.69, 9.17) is 4.74 Å². The van der Waals surface area contributed by atoms with E-state index in [0.717, 1.165) is 36.2 Å². The van der Waals surface area contributed by atoms with Gasteiger partial charge >= 0.3 is 0 Å². The van der Waals surface area contributed by atoms with Crippen LogP contribution < -0.4 is 0 Å². The molecule has 2 bridgehead atoms. The Hall–Kier alpha value is -0.370. The van der Waals surface area contributed by atoms with Crippen LogP contribution in [0.4, 0.5) is 0 Å². The first-order chi connectivity index (χ1) is 6.34. The van der Waals surface area contributed by atoms with Gasteiger partial charge < -0.3 is 4.74 Å². The summed E-state index contributed by atoms with van der Waals surface area (Å²) in [6.07, 6.45) is 0. The third-order valence-electron chi connectivity index (χ3n) is 5.93. The van der Waals surface area contributed by atoms with Crippen molar-refractivity contribution in [3.63, 3.8) is 0 Å². The van der Waals surface area contributed by atoms with Gasteiger partial charge in [0.25, 0.3) is 0 Å². The van der Waals surface area contributed by atoms with E-state index in [-0.39, 0.29) is 0 Å². The minimum absolute atomic E-state index is 0.514. The van der Waals surface area contributed by atoms with Crippen molar-refractivity contribution in [3.8, 4) is 0 Å². The minimum atomic E-state index is 0.514. The average Bonchev–Trinajstić information content (AvgIpc) is 2.88. The van der Waals surface area contributed by atoms with E-state index in [9.17, 15) is 4.79 Å². The predicted octanol–water partition coefficient (Wildman–Crippen LogP) is 0.570. The Labute approximate surface area is 76.6 Å². The highest BCUT2D eigenvalue weighted by molar-refractivity contribution is 5.96. The van der Waals surface area contributed by atoms with Crippen LogP contribution in [-0.2, 0) is 9.53 Å². The van der Waals surface area contributed by atoms with Crippen LogP contribution >= 0.6 is 0 Å². The number of carbonyl (C=O) groups excluding carboxylic acids is 1. The molecule has 6 aliphatic rings. The zero-order valence-corrected chi connectivity index (χ0v) is 7.57. The van der Waals surface area contributed by atoms with Crippen LogP contribution in [0.15, 0.2) is 0 Å². The maximum absolute atomic E-state index is 11.8. The average molecular weight is 176 g/mol. The van der Waals surface area contributed by atoms with E-state index >= 15 is 0 Å². The second-order valence-corrected chi connectivity index (χ2v) is 5.73. The Morgan fingerprint density at radius 1 is 1.23 bits per heavy atom. The third-order valence-corrected chi connectivity index (χ3v) is 5.93. The van der Waals surface area contributed by atoms with Crippen LogP contribution in [0.5, 0.6) is 0 Å². The van der Waals surface area contributed by atoms with Crippen LogP contribution in [0.2, 0.25) is 0 Å². The summed E-state index contributed by atoms with van der Waals surface area (Å²) in [6, 6.07) is 0. The van der Waals surface area contributed by atoms with Crippen LogP contribution in [0.1, 0.15) is 0 Å². The van der Waals surface area contributed by atoms with Crippen molar-refractivity contribution in [1.82, 2.24) is 0 Å². The first kappa shape index (κ1) is 6.18. The molecule has 0 radical (unpaired) electrons. The zero-order chi connectivity index (χ0) is 8.53. The van der Waals surface area contributed by atoms with Crippen molar-refractivity contribution in [1.29, 1.82) is 0 Å². The molecule has 2 heteroatoms. The van der Waals surface area contributed by atoms with Gasteiger partial charge in [-0.1, -0.05) is 0 Å². The van der Waals surface area contributed by atoms with Crippen LogP contribution in [0, 0.1) is 46.8 Å². The molecule has 0 aromatic rings. The van der Waals surface area contributed by atoms with Gasteiger partial charge in [-0.05, 0) is 29.6 Å². The number of Topliss-reactive ketones (excluding diaryl/α,β-unsaturated/α-hetero) is 1. The number of carbonyl (C=O) groups is 1. The molecule has 6 saturated carbocycles. The molecule has 6 atom stereocenters. The van der Waals surface area contributed by atoms with Gasteiger partial charge in [-0.25, -0.2) is 0 Å². The lowest BCUT2D eigenvalue weighted by Crippen LogP contribution is -2.16. The zero-order valence-electron chi connectivity index (χ0n) is 7.57. The molecule has 0 amide bonds. The van der Waals surface area contributed by atoms with Gasteiger partial charge in [0, 0.05) is 24.4 Å². The van der Waals surface area contributed by atoms with Crippen molar-refractivity contribution in [3.05, 3.63) is 0 Å². The molecule has 0 aromatic heterocycles. The quantitative estimate of drug-likeness (QED) is 0.615. The fourth-order valence-corrected chi connectivity index (χ4v) is 6.06. The van der Waals surface area contributed by atoms with Crippen LogP contribution in [0.25, 0.3) is 0 Å². The molecule has 0 aromatic carbocycles. The summed E-state index contributed by atoms with van der Waals surface area (Å²) in [7, 11) is 1.81. The molecule has 0 heterocycles. The molecular weight excluding hydrogens is 164 g/mol. The van der Waals surface area contributed by atoms with Gasteiger partial charge in [0.2, 0.25) is 0 Å². The lowest BCUT2D eigenvalue weighted by molar-refractivity contribution is -0.123. The molecule has 2 nitrogen and oxygen atoms in total. The van der Waals surface area contributed by atoms with E-state index in [0.29, 0.717) is 23.0 Å². The van der Waals surface area contributed by atoms with E-state index in [1.165, 1.54) is 0 Å². The molecule has 68 valence electrons. The number of hydrogen-bond acceptors (Lipinski definition) is 2. The molecule has 6 fully saturated rings. The van der Waals surface area contributed by atoms with Gasteiger partial charge in [-0.2, -0.15) is 0 Å². The van der Waals surface area contributed by atoms with Gasteiger partial charge in [0.05, 0.1) is 6.61 Å². The fourth-order valence-electron chi connectivity index (χ4n) is 6.06. The maximum Gasteiger partial charge on any atom is 0.140 e. The predicted molar refractivity (Wildman–Crippen MR) is 43.7 cm³/mol. The van der Waals surface area contributed by atoms with E-state index < -0.39 is 0 Å². The standard InChI is InChI=1S/C11H12O2/c1-13-2-11-7-3-4(7)6-9(11)8(11)5(3)10(6)12/h3-9H,2H2,1H3/t3-,4-,5+,6+,7?,8-,9-,11?/m0/s1. The molecular formula is C11H12O2. The summed E-state index contributed by atoms with van der Waals surface area (Å²) >= 11 is 0. The SMILES string of the molecule is COCC12C3[C@@H]4[C@H]5C(=O)[C@H]([C@@H]34)[C@H]1[C@H]52. The Kier molecular flexibility index (Phi) is 0.624. The molecule has 0 spiro atoms. The minimum Gasteiger partial charge on any atom is -0.384 e. The smallest absolute Gasteiger partial charge is 0.140 e. The number of hydrogen-bond donors (Lipinski definition) is 0. The highest BCUT2D eigenvalue weighted by atomic mass is 16.5. The van der Waals surface area contributed by atoms with Crippen molar-refractivity contribution in [2.75, 3.05) is 13.7 Å². The summed E-state index contributed by atoms with van der Waals surface area (Å²) in [5, 5.41) is 0. The van der Waals surface area contributed by atoms with Gasteiger partial charge in [0.1, 0.15) is 5.78 Å². The van der Waals surface area contributed by atoms with Gasteiger partial charge in [-0.15, -0.1) is 0 Å². The second kappa shape index (κ2) is 1.31. The number of ketones is 1. The molecule has 6 aliphatic carbocycles. The summed E-state index contributed by atoms with van der Waals surface area (Å²) in [6.45, 7) is 0.945. The molecule has 0 unspecified atom stereocenters. The summed E-state index contributed by atoms with van der Waals surface area (Å²) in [4.78, 5) is 11.8. The second-order valence-electron chi connectivity index (χ2n) is 5.73. The van der Waals surface area contributed by atoms with Gasteiger partial charge in [0.15, 0.2) is 0 Å². The monoisotopic (exact) mass is 176 g/mol. The Morgan fingerprint density at radius 3 is 2.31 bits per heavy atom. The largest absolute Gasteiger partial charge is 0.384 e. The first-order valence-electron chi connectivity index (χ1n) is 5.36. The first-order valence-corrected chi connectivity index (χ1v) is 5.36. The number of methoxy groups -OCH3 is 1. The Balaban J connectivity index is 1.72. The summed E-state index contributed by atoms with van der Waals surface area (Å²) in [5.74, 6) is 5.83. The van der Waals surface area contributed by atoms with Crippen molar-refractivity contribution in [2.24, 2.45) is 46.8 Å². The number of rotatable bonds is 2. The lowest BCUT2D eigenvalue weighted by Gasteiger charge is -2.11. The topological polar surface area (TPSA) is 26.3 Å². The lowest BCUT2D eigenvalue weighted by atomic mass is 9.99. The Bertz CT molecular complexity index is 335. The third kappa shape index (κ3) is 0.325. The molecule has 13 heavy (non-hydrogen) atoms. The van der Waals surface area contributed by atoms with Gasteiger partial charge in [-0.3, -0.25) is 4.79 Å². The fraction of sp³-hybridized carbons (Fsp3) is 0.909. The van der Waals surface area contributed by atoms with E-state index in [2.05, 4.69) is 0 Å². The maximum atomic E-state index is 11.8. The summed E-state index contributed by atoms with van der Waals surface area (Å²) < 4.78 is 5.36. The normalized spacial score (nSPS) is 77.9. The van der Waals surface area contributed by atoms with Crippen molar-refractivity contribution < 1.29 is 9.53 Å². The molecule has 0 aliphatic heterocycles. The van der Waals surface area contributed by atoms with E-state index in [1.807, 2.05) is 7.11 Å². The molecule has 0 N–H and O–H groups in total. The number of ether oxygens (including phenoxy) is 1. The highest BCUT2D eigenvalue weighted by Crippen LogP contribution is 2.98. The Morgan fingerprint density at radius 2 is 1.85 bits per heavy atom. The molecule has 6 rings (SSSR count). The van der Waals surface area contributed by atoms with E-state index in [1.54, 1.807) is 0 Å².